The molecule has 2 amide bonds. The van der Waals surface area contributed by atoms with Crippen LogP contribution >= 0.6 is 11.6 Å². The van der Waals surface area contributed by atoms with E-state index in [2.05, 4.69) is 6.07 Å². The first-order chi connectivity index (χ1) is 15.4. The number of benzene rings is 3. The van der Waals surface area contributed by atoms with Crippen LogP contribution in [0.1, 0.15) is 29.5 Å². The second kappa shape index (κ2) is 7.67. The van der Waals surface area contributed by atoms with Gasteiger partial charge in [0, 0.05) is 22.0 Å². The predicted molar refractivity (Wildman–Crippen MR) is 125 cm³/mol. The number of hydrogen-bond acceptors (Lipinski definition) is 3. The molecule has 1 saturated heterocycles. The number of amides is 2. The predicted octanol–water partition coefficient (Wildman–Crippen LogP) is 5.59. The molecule has 5 nitrogen and oxygen atoms in total. The fraction of sp³-hybridized carbons (Fsp3) is 0.231. The molecule has 32 heavy (non-hydrogen) atoms. The lowest BCUT2D eigenvalue weighted by molar-refractivity contribution is 0.0251. The molecule has 1 N–H and O–H groups in total. The van der Waals surface area contributed by atoms with E-state index in [0.29, 0.717) is 21.8 Å². The summed E-state index contributed by atoms with van der Waals surface area (Å²) in [5, 5.41) is 22.4. The van der Waals surface area contributed by atoms with Gasteiger partial charge < -0.3 is 5.11 Å². The molecule has 0 radical (unpaired) electrons. The largest absolute Gasteiger partial charge is 0.365 e. The zero-order chi connectivity index (χ0) is 22.5. The second-order valence-corrected chi connectivity index (χ2v) is 8.94. The Balaban J connectivity index is 1.74. The quantitative estimate of drug-likeness (QED) is 0.571. The third-order valence-electron chi connectivity index (χ3n) is 6.31. The van der Waals surface area contributed by atoms with Crippen LogP contribution in [0.3, 0.4) is 0 Å². The summed E-state index contributed by atoms with van der Waals surface area (Å²) in [6, 6.07) is 22.9. The summed E-state index contributed by atoms with van der Waals surface area (Å²) < 4.78 is 0. The van der Waals surface area contributed by atoms with Gasteiger partial charge in [-0.25, -0.2) is 4.79 Å². The maximum atomic E-state index is 14.0. The molecule has 2 fully saturated rings. The van der Waals surface area contributed by atoms with E-state index in [1.54, 1.807) is 53.4 Å². The number of hydrogen-bond donors (Lipinski definition) is 1. The van der Waals surface area contributed by atoms with E-state index in [1.807, 2.05) is 31.2 Å². The number of nitriles is 1. The van der Waals surface area contributed by atoms with E-state index in [0.717, 1.165) is 24.1 Å². The van der Waals surface area contributed by atoms with Gasteiger partial charge in [-0.15, -0.1) is 0 Å². The fourth-order valence-corrected chi connectivity index (χ4v) is 4.75. The highest BCUT2D eigenvalue weighted by Gasteiger charge is 2.62. The first-order valence-electron chi connectivity index (χ1n) is 10.6. The maximum Gasteiger partial charge on any atom is 0.332 e. The molecular weight excluding hydrogens is 422 g/mol. The topological polar surface area (TPSA) is 67.6 Å². The van der Waals surface area contributed by atoms with Crippen LogP contribution in [0.15, 0.2) is 72.8 Å². The Hall–Kier alpha value is -3.33. The Labute approximate surface area is 192 Å². The van der Waals surface area contributed by atoms with Crippen LogP contribution in [0.25, 0.3) is 0 Å². The average molecular weight is 444 g/mol. The van der Waals surface area contributed by atoms with Gasteiger partial charge in [-0.3, -0.25) is 9.80 Å². The number of anilines is 2. The van der Waals surface area contributed by atoms with Gasteiger partial charge in [0.25, 0.3) is 0 Å². The second-order valence-electron chi connectivity index (χ2n) is 8.50. The number of urea groups is 1. The Morgan fingerprint density at radius 2 is 1.69 bits per heavy atom. The molecule has 1 heterocycles. The normalized spacial score (nSPS) is 22.8. The average Bonchev–Trinajstić information content (AvgIpc) is 3.61. The van der Waals surface area contributed by atoms with E-state index >= 15 is 0 Å². The van der Waals surface area contributed by atoms with Crippen LogP contribution in [0.4, 0.5) is 16.2 Å². The molecule has 0 aromatic heterocycles. The molecule has 1 unspecified atom stereocenters. The van der Waals surface area contributed by atoms with Crippen LogP contribution in [0.5, 0.6) is 0 Å². The highest BCUT2D eigenvalue weighted by molar-refractivity contribution is 6.30. The number of carbonyl (C=O) groups is 1. The third kappa shape index (κ3) is 3.24. The number of halogens is 1. The van der Waals surface area contributed by atoms with Gasteiger partial charge in [-0.2, -0.15) is 5.26 Å². The van der Waals surface area contributed by atoms with Crippen LogP contribution in [-0.2, 0) is 5.72 Å². The number of aliphatic hydroxyl groups is 1. The molecule has 0 bridgehead atoms. The molecule has 2 aliphatic rings. The first kappa shape index (κ1) is 20.6. The van der Waals surface area contributed by atoms with E-state index in [9.17, 15) is 15.2 Å². The van der Waals surface area contributed by atoms with Crippen molar-refractivity contribution in [1.29, 1.82) is 5.26 Å². The fourth-order valence-electron chi connectivity index (χ4n) is 4.63. The van der Waals surface area contributed by atoms with Gasteiger partial charge >= 0.3 is 6.03 Å². The summed E-state index contributed by atoms with van der Waals surface area (Å²) in [6.45, 7) is 2.00. The standard InChI is InChI=1S/C26H22ClN3O2/c1-17-5-11-22(12-6-17)29-24(19-7-8-19)26(32,20-4-2-3-18(15-20)16-28)30(25(29)31)23-13-9-21(27)10-14-23/h2-6,9-15,19,24,32H,7-8H2,1H3/t24-,26?/m1/s1. The van der Waals surface area contributed by atoms with E-state index in [4.69, 9.17) is 11.6 Å². The zero-order valence-electron chi connectivity index (χ0n) is 17.6. The summed E-state index contributed by atoms with van der Waals surface area (Å²) in [4.78, 5) is 17.1. The molecule has 5 rings (SSSR count). The summed E-state index contributed by atoms with van der Waals surface area (Å²) in [6.07, 6.45) is 1.85. The van der Waals surface area contributed by atoms with Crippen molar-refractivity contribution in [2.45, 2.75) is 31.5 Å². The smallest absolute Gasteiger partial charge is 0.332 e. The summed E-state index contributed by atoms with van der Waals surface area (Å²) in [5.41, 5.74) is 1.68. The molecule has 1 saturated carbocycles. The molecule has 3 aromatic carbocycles. The minimum Gasteiger partial charge on any atom is -0.365 e. The molecule has 6 heteroatoms. The summed E-state index contributed by atoms with van der Waals surface area (Å²) >= 11 is 6.10. The number of rotatable bonds is 4. The maximum absolute atomic E-state index is 14.0. The van der Waals surface area contributed by atoms with Crippen molar-refractivity contribution < 1.29 is 9.90 Å². The van der Waals surface area contributed by atoms with Gasteiger partial charge in [0.2, 0.25) is 0 Å². The molecular formula is C26H22ClN3O2. The van der Waals surface area contributed by atoms with Crippen molar-refractivity contribution in [1.82, 2.24) is 0 Å². The van der Waals surface area contributed by atoms with Crippen molar-refractivity contribution in [2.24, 2.45) is 5.92 Å². The van der Waals surface area contributed by atoms with Gasteiger partial charge in [-0.05, 0) is 74.2 Å². The third-order valence-corrected chi connectivity index (χ3v) is 6.56. The van der Waals surface area contributed by atoms with Crippen molar-refractivity contribution in [3.8, 4) is 6.07 Å². The Morgan fingerprint density at radius 3 is 2.31 bits per heavy atom. The van der Waals surface area contributed by atoms with Gasteiger partial charge in [0.1, 0.15) is 0 Å². The first-order valence-corrected chi connectivity index (χ1v) is 11.0. The number of aryl methyl sites for hydroxylation is 1. The lowest BCUT2D eigenvalue weighted by Gasteiger charge is -2.37. The summed E-state index contributed by atoms with van der Waals surface area (Å²) in [5.74, 6) is 0.147. The minimum atomic E-state index is -1.65. The summed E-state index contributed by atoms with van der Waals surface area (Å²) in [7, 11) is 0. The number of nitrogens with zero attached hydrogens (tertiary/aromatic N) is 3. The van der Waals surface area contributed by atoms with Gasteiger partial charge in [0.15, 0.2) is 5.72 Å². The highest BCUT2D eigenvalue weighted by atomic mass is 35.5. The SMILES string of the molecule is Cc1ccc(N2C(=O)N(c3ccc(Cl)cc3)C(O)(c3cccc(C#N)c3)[C@H]2C2CC2)cc1. The van der Waals surface area contributed by atoms with Crippen molar-refractivity contribution in [3.05, 3.63) is 94.5 Å². The molecule has 2 atom stereocenters. The van der Waals surface area contributed by atoms with Gasteiger partial charge in [-0.1, -0.05) is 41.4 Å². The van der Waals surface area contributed by atoms with Crippen molar-refractivity contribution in [2.75, 3.05) is 9.80 Å². The highest BCUT2D eigenvalue weighted by Crippen LogP contribution is 2.52. The molecule has 3 aromatic rings. The minimum absolute atomic E-state index is 0.147. The monoisotopic (exact) mass is 443 g/mol. The van der Waals surface area contributed by atoms with Crippen molar-refractivity contribution in [3.63, 3.8) is 0 Å². The zero-order valence-corrected chi connectivity index (χ0v) is 18.3. The Bertz CT molecular complexity index is 1220. The van der Waals surface area contributed by atoms with Crippen LogP contribution in [0.2, 0.25) is 5.02 Å². The van der Waals surface area contributed by atoms with E-state index < -0.39 is 11.8 Å². The van der Waals surface area contributed by atoms with Crippen LogP contribution < -0.4 is 9.80 Å². The van der Waals surface area contributed by atoms with Crippen LogP contribution in [-0.4, -0.2) is 17.2 Å². The lowest BCUT2D eigenvalue weighted by atomic mass is 9.89. The lowest BCUT2D eigenvalue weighted by Crippen LogP contribution is -2.50. The Kier molecular flexibility index (Phi) is 4.93. The van der Waals surface area contributed by atoms with E-state index in [-0.39, 0.29) is 11.9 Å². The van der Waals surface area contributed by atoms with E-state index in [1.165, 1.54) is 4.90 Å². The molecule has 160 valence electrons. The molecule has 1 aliphatic carbocycles. The van der Waals surface area contributed by atoms with Crippen LogP contribution in [0, 0.1) is 24.2 Å². The molecule has 1 aliphatic heterocycles. The molecule has 0 spiro atoms. The van der Waals surface area contributed by atoms with Gasteiger partial charge in [0.05, 0.1) is 17.7 Å². The van der Waals surface area contributed by atoms with Crippen molar-refractivity contribution >= 4 is 29.0 Å². The Morgan fingerprint density at radius 1 is 1.03 bits per heavy atom. The number of carbonyl (C=O) groups excluding carboxylic acids is 1.